The molecule has 25 heavy (non-hydrogen) atoms. The fourth-order valence-corrected chi connectivity index (χ4v) is 3.27. The van der Waals surface area contributed by atoms with Crippen LogP contribution in [0.2, 0.25) is 0 Å². The molecule has 0 unspecified atom stereocenters. The highest BCUT2D eigenvalue weighted by Crippen LogP contribution is 2.25. The Hall–Kier alpha value is -2.36. The van der Waals surface area contributed by atoms with E-state index in [2.05, 4.69) is 23.5 Å². The molecule has 2 aromatic rings. The van der Waals surface area contributed by atoms with Crippen molar-refractivity contribution in [2.45, 2.75) is 51.7 Å². The molecule has 2 atom stereocenters. The highest BCUT2D eigenvalue weighted by atomic mass is 19.1. The Bertz CT molecular complexity index is 759. The first kappa shape index (κ1) is 17.5. The van der Waals surface area contributed by atoms with Crippen LogP contribution in [0.15, 0.2) is 42.5 Å². The summed E-state index contributed by atoms with van der Waals surface area (Å²) >= 11 is 0. The molecule has 3 nitrogen and oxygen atoms in total. The maximum atomic E-state index is 13.7. The van der Waals surface area contributed by atoms with Crippen molar-refractivity contribution in [1.82, 2.24) is 5.32 Å². The topological polar surface area (TPSA) is 38.3 Å². The summed E-state index contributed by atoms with van der Waals surface area (Å²) in [6, 6.07) is 12.5. The number of para-hydroxylation sites is 1. The van der Waals surface area contributed by atoms with E-state index >= 15 is 0 Å². The second-order valence-electron chi connectivity index (χ2n) is 6.56. The molecule has 0 radical (unpaired) electrons. The summed E-state index contributed by atoms with van der Waals surface area (Å²) in [5.74, 6) is -0.575. The molecular formula is C21H24FNO2. The number of carbonyl (C=O) groups is 1. The van der Waals surface area contributed by atoms with Crippen molar-refractivity contribution in [3.05, 3.63) is 65.0 Å². The average Bonchev–Trinajstić information content (AvgIpc) is 3.08. The Morgan fingerprint density at radius 1 is 1.20 bits per heavy atom. The number of carbonyl (C=O) groups excluding carboxylic acids is 1. The monoisotopic (exact) mass is 341 g/mol. The van der Waals surface area contributed by atoms with E-state index in [4.69, 9.17) is 4.74 Å². The zero-order valence-electron chi connectivity index (χ0n) is 14.7. The van der Waals surface area contributed by atoms with E-state index in [0.717, 1.165) is 18.4 Å². The van der Waals surface area contributed by atoms with Gasteiger partial charge in [-0.3, -0.25) is 4.79 Å². The van der Waals surface area contributed by atoms with Crippen LogP contribution in [-0.4, -0.2) is 12.0 Å². The van der Waals surface area contributed by atoms with Gasteiger partial charge in [-0.15, -0.1) is 0 Å². The lowest BCUT2D eigenvalue weighted by Gasteiger charge is -2.21. The van der Waals surface area contributed by atoms with Crippen LogP contribution in [0.4, 0.5) is 4.39 Å². The minimum Gasteiger partial charge on any atom is -0.478 e. The van der Waals surface area contributed by atoms with Crippen LogP contribution in [0.5, 0.6) is 5.75 Å². The largest absolute Gasteiger partial charge is 0.478 e. The van der Waals surface area contributed by atoms with Crippen LogP contribution in [-0.2, 0) is 17.6 Å². The summed E-state index contributed by atoms with van der Waals surface area (Å²) in [5.41, 5.74) is 3.89. The molecule has 1 aliphatic rings. The van der Waals surface area contributed by atoms with Gasteiger partial charge in [-0.2, -0.15) is 0 Å². The van der Waals surface area contributed by atoms with E-state index in [9.17, 15) is 9.18 Å². The maximum Gasteiger partial charge on any atom is 0.261 e. The Balaban J connectivity index is 1.66. The zero-order valence-corrected chi connectivity index (χ0v) is 14.7. The van der Waals surface area contributed by atoms with Crippen LogP contribution < -0.4 is 10.1 Å². The van der Waals surface area contributed by atoms with Crippen molar-refractivity contribution in [3.63, 3.8) is 0 Å². The summed E-state index contributed by atoms with van der Waals surface area (Å²) in [4.78, 5) is 12.5. The minimum atomic E-state index is -0.714. The van der Waals surface area contributed by atoms with Gasteiger partial charge in [0.15, 0.2) is 17.7 Å². The number of rotatable bonds is 6. The van der Waals surface area contributed by atoms with Gasteiger partial charge in [-0.25, -0.2) is 4.39 Å². The summed E-state index contributed by atoms with van der Waals surface area (Å²) in [5, 5.41) is 2.99. The highest BCUT2D eigenvalue weighted by molar-refractivity contribution is 5.81. The van der Waals surface area contributed by atoms with Gasteiger partial charge in [0, 0.05) is 0 Å². The molecule has 0 saturated heterocycles. The second-order valence-corrected chi connectivity index (χ2v) is 6.56. The zero-order chi connectivity index (χ0) is 17.8. The molecule has 0 aliphatic heterocycles. The lowest BCUT2D eigenvalue weighted by molar-refractivity contribution is -0.128. The fourth-order valence-electron chi connectivity index (χ4n) is 3.27. The standard InChI is InChI=1S/C21H24FNO2/c1-3-19(25-20-10-5-4-9-18(20)22)21(24)23-14(2)16-12-11-15-7-6-8-17(15)13-16/h4-5,9-14,19H,3,6-8H2,1-2H3,(H,23,24)/t14-,19+/m1/s1. The number of ether oxygens (including phenoxy) is 1. The highest BCUT2D eigenvalue weighted by Gasteiger charge is 2.22. The number of halogens is 1. The summed E-state index contributed by atoms with van der Waals surface area (Å²) in [6.45, 7) is 3.82. The van der Waals surface area contributed by atoms with Gasteiger partial charge in [0.2, 0.25) is 0 Å². The van der Waals surface area contributed by atoms with Gasteiger partial charge in [0.1, 0.15) is 0 Å². The predicted molar refractivity (Wildman–Crippen MR) is 96.1 cm³/mol. The first-order chi connectivity index (χ1) is 12.1. The van der Waals surface area contributed by atoms with Crippen LogP contribution in [0.1, 0.15) is 49.4 Å². The van der Waals surface area contributed by atoms with Gasteiger partial charge in [-0.05, 0) is 61.4 Å². The summed E-state index contributed by atoms with van der Waals surface area (Å²) in [7, 11) is 0. The first-order valence-corrected chi connectivity index (χ1v) is 8.91. The Morgan fingerprint density at radius 3 is 2.72 bits per heavy atom. The fraction of sp³-hybridized carbons (Fsp3) is 0.381. The number of nitrogens with one attached hydrogen (secondary N) is 1. The third kappa shape index (κ3) is 4.01. The predicted octanol–water partition coefficient (Wildman–Crippen LogP) is 4.35. The van der Waals surface area contributed by atoms with E-state index in [0.29, 0.717) is 6.42 Å². The molecule has 0 bridgehead atoms. The van der Waals surface area contributed by atoms with Crippen molar-refractivity contribution in [3.8, 4) is 5.75 Å². The van der Waals surface area contributed by atoms with Crippen molar-refractivity contribution < 1.29 is 13.9 Å². The first-order valence-electron chi connectivity index (χ1n) is 8.91. The maximum absolute atomic E-state index is 13.7. The Labute approximate surface area is 148 Å². The molecule has 3 rings (SSSR count). The van der Waals surface area contributed by atoms with Gasteiger partial charge < -0.3 is 10.1 Å². The molecular weight excluding hydrogens is 317 g/mol. The van der Waals surface area contributed by atoms with Gasteiger partial charge in [-0.1, -0.05) is 37.3 Å². The number of hydrogen-bond acceptors (Lipinski definition) is 2. The molecule has 0 saturated carbocycles. The molecule has 0 fully saturated rings. The van der Waals surface area contributed by atoms with Crippen LogP contribution >= 0.6 is 0 Å². The molecule has 2 aromatic carbocycles. The molecule has 1 N–H and O–H groups in total. The molecule has 0 heterocycles. The summed E-state index contributed by atoms with van der Waals surface area (Å²) in [6.07, 6.45) is 3.21. The van der Waals surface area contributed by atoms with E-state index in [1.807, 2.05) is 13.8 Å². The van der Waals surface area contributed by atoms with Gasteiger partial charge in [0.05, 0.1) is 6.04 Å². The Morgan fingerprint density at radius 2 is 1.96 bits per heavy atom. The van der Waals surface area contributed by atoms with E-state index in [-0.39, 0.29) is 17.7 Å². The lowest BCUT2D eigenvalue weighted by atomic mass is 10.0. The van der Waals surface area contributed by atoms with Crippen molar-refractivity contribution in [2.75, 3.05) is 0 Å². The molecule has 0 spiro atoms. The number of benzene rings is 2. The van der Waals surface area contributed by atoms with Gasteiger partial charge >= 0.3 is 0 Å². The quantitative estimate of drug-likeness (QED) is 0.848. The number of hydrogen-bond donors (Lipinski definition) is 1. The normalized spacial score (nSPS) is 15.3. The number of fused-ring (bicyclic) bond motifs is 1. The van der Waals surface area contributed by atoms with Gasteiger partial charge in [0.25, 0.3) is 5.91 Å². The number of amides is 1. The third-order valence-corrected chi connectivity index (χ3v) is 4.75. The molecule has 1 amide bonds. The van der Waals surface area contributed by atoms with E-state index in [1.165, 1.54) is 29.7 Å². The average molecular weight is 341 g/mol. The van der Waals surface area contributed by atoms with Crippen molar-refractivity contribution in [2.24, 2.45) is 0 Å². The molecule has 4 heteroatoms. The van der Waals surface area contributed by atoms with E-state index < -0.39 is 11.9 Å². The van der Waals surface area contributed by atoms with E-state index in [1.54, 1.807) is 12.1 Å². The van der Waals surface area contributed by atoms with Crippen LogP contribution in [0.25, 0.3) is 0 Å². The second kappa shape index (κ2) is 7.68. The molecule has 1 aliphatic carbocycles. The smallest absolute Gasteiger partial charge is 0.261 e. The molecule has 132 valence electrons. The van der Waals surface area contributed by atoms with Crippen LogP contribution in [0.3, 0.4) is 0 Å². The molecule has 0 aromatic heterocycles. The summed E-state index contributed by atoms with van der Waals surface area (Å²) < 4.78 is 19.3. The minimum absolute atomic E-state index is 0.106. The van der Waals surface area contributed by atoms with Crippen molar-refractivity contribution >= 4 is 5.91 Å². The Kier molecular flexibility index (Phi) is 5.37. The third-order valence-electron chi connectivity index (χ3n) is 4.75. The number of aryl methyl sites for hydroxylation is 2. The van der Waals surface area contributed by atoms with Crippen LogP contribution in [0, 0.1) is 5.82 Å². The van der Waals surface area contributed by atoms with Crippen molar-refractivity contribution in [1.29, 1.82) is 0 Å². The lowest BCUT2D eigenvalue weighted by Crippen LogP contribution is -2.39. The SMILES string of the molecule is CC[C@H](Oc1ccccc1F)C(=O)N[C@H](C)c1ccc2c(c1)CCC2.